The Bertz CT molecular complexity index is 898. The molecule has 1 heterocycles. The van der Waals surface area contributed by atoms with Crippen molar-refractivity contribution in [2.75, 3.05) is 10.6 Å². The van der Waals surface area contributed by atoms with E-state index in [4.69, 9.17) is 0 Å². The molecule has 1 saturated heterocycles. The summed E-state index contributed by atoms with van der Waals surface area (Å²) in [6.45, 7) is 0. The van der Waals surface area contributed by atoms with Gasteiger partial charge in [-0.05, 0) is 29.8 Å². The van der Waals surface area contributed by atoms with Crippen LogP contribution in [0, 0.1) is 0 Å². The number of hydrogen-bond donors (Lipinski definition) is 4. The quantitative estimate of drug-likeness (QED) is 0.558. The molecule has 136 valence electrons. The number of amides is 1. The van der Waals surface area contributed by atoms with Gasteiger partial charge in [0.25, 0.3) is 5.91 Å². The lowest BCUT2D eigenvalue weighted by atomic mass is 10.0. The highest BCUT2D eigenvalue weighted by molar-refractivity contribution is 6.05. The molecule has 1 aliphatic rings. The Morgan fingerprint density at radius 1 is 0.778 bits per heavy atom. The van der Waals surface area contributed by atoms with Crippen LogP contribution in [0.5, 0.6) is 0 Å². The van der Waals surface area contributed by atoms with Crippen LogP contribution in [0.25, 0.3) is 0 Å². The second-order valence-corrected chi connectivity index (χ2v) is 6.55. The maximum atomic E-state index is 12.5. The summed E-state index contributed by atoms with van der Waals surface area (Å²) in [7, 11) is 0. The van der Waals surface area contributed by atoms with Crippen LogP contribution in [-0.4, -0.2) is 12.1 Å². The maximum Gasteiger partial charge on any atom is 0.255 e. The van der Waals surface area contributed by atoms with Gasteiger partial charge in [-0.25, -0.2) is 10.9 Å². The Morgan fingerprint density at radius 3 is 2.15 bits per heavy atom. The minimum Gasteiger partial charge on any atom is -0.367 e. The SMILES string of the molecule is O=C(Nc1ccccc1NC1CC(c2ccccc2)NN1)c1ccccc1. The van der Waals surface area contributed by atoms with Crippen LogP contribution in [-0.2, 0) is 0 Å². The van der Waals surface area contributed by atoms with E-state index in [9.17, 15) is 4.79 Å². The number of benzene rings is 3. The molecule has 27 heavy (non-hydrogen) atoms. The van der Waals surface area contributed by atoms with Crippen molar-refractivity contribution in [2.45, 2.75) is 18.6 Å². The summed E-state index contributed by atoms with van der Waals surface area (Å²) in [5, 5.41) is 6.47. The average Bonchev–Trinajstić information content (AvgIpc) is 3.19. The van der Waals surface area contributed by atoms with Crippen LogP contribution in [0.4, 0.5) is 11.4 Å². The van der Waals surface area contributed by atoms with E-state index in [1.807, 2.05) is 60.7 Å². The van der Waals surface area contributed by atoms with Gasteiger partial charge in [-0.3, -0.25) is 4.79 Å². The summed E-state index contributed by atoms with van der Waals surface area (Å²) in [5.74, 6) is -0.121. The van der Waals surface area contributed by atoms with E-state index >= 15 is 0 Å². The van der Waals surface area contributed by atoms with E-state index < -0.39 is 0 Å². The molecule has 3 aromatic rings. The second-order valence-electron chi connectivity index (χ2n) is 6.55. The van der Waals surface area contributed by atoms with Crippen LogP contribution in [0.2, 0.25) is 0 Å². The molecule has 4 N–H and O–H groups in total. The molecule has 4 rings (SSSR count). The largest absolute Gasteiger partial charge is 0.367 e. The first-order chi connectivity index (χ1) is 13.3. The zero-order valence-electron chi connectivity index (χ0n) is 14.9. The number of hydrazine groups is 1. The fraction of sp³-hybridized carbons (Fsp3) is 0.136. The number of carbonyl (C=O) groups is 1. The Balaban J connectivity index is 1.44. The van der Waals surface area contributed by atoms with E-state index in [0.717, 1.165) is 17.8 Å². The number of anilines is 2. The molecule has 1 amide bonds. The van der Waals surface area contributed by atoms with E-state index in [-0.39, 0.29) is 18.1 Å². The highest BCUT2D eigenvalue weighted by Crippen LogP contribution is 2.27. The molecule has 0 spiro atoms. The van der Waals surface area contributed by atoms with Gasteiger partial charge in [0, 0.05) is 18.0 Å². The summed E-state index contributed by atoms with van der Waals surface area (Å²) in [6, 6.07) is 27.6. The highest BCUT2D eigenvalue weighted by Gasteiger charge is 2.25. The molecular weight excluding hydrogens is 336 g/mol. The monoisotopic (exact) mass is 358 g/mol. The minimum absolute atomic E-state index is 0.0602. The number of rotatable bonds is 5. The lowest BCUT2D eigenvalue weighted by Gasteiger charge is -2.17. The standard InChI is InChI=1S/C22H22N4O/c27-22(17-11-5-2-6-12-17)24-19-14-8-7-13-18(19)23-21-15-20(25-26-21)16-9-3-1-4-10-16/h1-14,20-21,23,25-26H,15H2,(H,24,27). The fourth-order valence-corrected chi connectivity index (χ4v) is 3.24. The summed E-state index contributed by atoms with van der Waals surface area (Å²) < 4.78 is 0. The molecule has 5 nitrogen and oxygen atoms in total. The van der Waals surface area contributed by atoms with Crippen molar-refractivity contribution < 1.29 is 4.79 Å². The van der Waals surface area contributed by atoms with Crippen molar-refractivity contribution in [2.24, 2.45) is 0 Å². The first-order valence-electron chi connectivity index (χ1n) is 9.07. The molecular formula is C22H22N4O. The van der Waals surface area contributed by atoms with Gasteiger partial charge in [-0.1, -0.05) is 60.7 Å². The molecule has 0 aromatic heterocycles. The van der Waals surface area contributed by atoms with Crippen molar-refractivity contribution in [3.63, 3.8) is 0 Å². The molecule has 0 aliphatic carbocycles. The zero-order valence-corrected chi connectivity index (χ0v) is 14.9. The zero-order chi connectivity index (χ0) is 18.5. The topological polar surface area (TPSA) is 65.2 Å². The number of hydrogen-bond acceptors (Lipinski definition) is 4. The van der Waals surface area contributed by atoms with Gasteiger partial charge >= 0.3 is 0 Å². The smallest absolute Gasteiger partial charge is 0.255 e. The first-order valence-corrected chi connectivity index (χ1v) is 9.07. The predicted molar refractivity (Wildman–Crippen MR) is 108 cm³/mol. The van der Waals surface area contributed by atoms with Crippen LogP contribution < -0.4 is 21.5 Å². The lowest BCUT2D eigenvalue weighted by Crippen LogP contribution is -2.36. The third-order valence-corrected chi connectivity index (χ3v) is 4.65. The lowest BCUT2D eigenvalue weighted by molar-refractivity contribution is 0.102. The van der Waals surface area contributed by atoms with Crippen molar-refractivity contribution in [3.05, 3.63) is 96.1 Å². The second kappa shape index (κ2) is 8.03. The molecule has 1 aliphatic heterocycles. The molecule has 0 radical (unpaired) electrons. The number of para-hydroxylation sites is 2. The van der Waals surface area contributed by atoms with E-state index in [1.54, 1.807) is 12.1 Å². The average molecular weight is 358 g/mol. The normalized spacial score (nSPS) is 18.8. The molecule has 1 fully saturated rings. The number of nitrogens with one attached hydrogen (secondary N) is 4. The van der Waals surface area contributed by atoms with Gasteiger partial charge < -0.3 is 10.6 Å². The molecule has 0 saturated carbocycles. The molecule has 5 heteroatoms. The predicted octanol–water partition coefficient (Wildman–Crippen LogP) is 3.92. The third kappa shape index (κ3) is 4.16. The van der Waals surface area contributed by atoms with Crippen molar-refractivity contribution in [1.29, 1.82) is 0 Å². The van der Waals surface area contributed by atoms with Crippen LogP contribution >= 0.6 is 0 Å². The van der Waals surface area contributed by atoms with Gasteiger partial charge in [0.1, 0.15) is 0 Å². The van der Waals surface area contributed by atoms with Crippen LogP contribution in [0.15, 0.2) is 84.9 Å². The van der Waals surface area contributed by atoms with Crippen LogP contribution in [0.1, 0.15) is 28.4 Å². The minimum atomic E-state index is -0.121. The molecule has 2 unspecified atom stereocenters. The van der Waals surface area contributed by atoms with Crippen molar-refractivity contribution in [1.82, 2.24) is 10.9 Å². The number of carbonyl (C=O) groups excluding carboxylic acids is 1. The van der Waals surface area contributed by atoms with Gasteiger partial charge in [-0.2, -0.15) is 0 Å². The van der Waals surface area contributed by atoms with E-state index in [2.05, 4.69) is 33.6 Å². The van der Waals surface area contributed by atoms with Crippen LogP contribution in [0.3, 0.4) is 0 Å². The Morgan fingerprint density at radius 2 is 1.41 bits per heavy atom. The van der Waals surface area contributed by atoms with E-state index in [1.165, 1.54) is 5.56 Å². The Hall–Kier alpha value is -3.15. The molecule has 2 atom stereocenters. The van der Waals surface area contributed by atoms with E-state index in [0.29, 0.717) is 5.56 Å². The third-order valence-electron chi connectivity index (χ3n) is 4.65. The summed E-state index contributed by atoms with van der Waals surface area (Å²) in [5.41, 5.74) is 10.2. The molecule has 3 aromatic carbocycles. The van der Waals surface area contributed by atoms with Gasteiger partial charge in [0.05, 0.1) is 17.5 Å². The fourth-order valence-electron chi connectivity index (χ4n) is 3.24. The maximum absolute atomic E-state index is 12.5. The summed E-state index contributed by atoms with van der Waals surface area (Å²) in [4.78, 5) is 12.5. The van der Waals surface area contributed by atoms with Gasteiger partial charge in [0.15, 0.2) is 0 Å². The van der Waals surface area contributed by atoms with Gasteiger partial charge in [-0.15, -0.1) is 0 Å². The highest BCUT2D eigenvalue weighted by atomic mass is 16.1. The van der Waals surface area contributed by atoms with Crippen molar-refractivity contribution >= 4 is 17.3 Å². The van der Waals surface area contributed by atoms with Crippen molar-refractivity contribution in [3.8, 4) is 0 Å². The Labute approximate surface area is 158 Å². The summed E-state index contributed by atoms with van der Waals surface area (Å²) in [6.07, 6.45) is 0.954. The Kier molecular flexibility index (Phi) is 5.14. The molecule has 0 bridgehead atoms. The first kappa shape index (κ1) is 17.3. The van der Waals surface area contributed by atoms with Gasteiger partial charge in [0.2, 0.25) is 0 Å². The summed E-state index contributed by atoms with van der Waals surface area (Å²) >= 11 is 0.